The second-order valence-corrected chi connectivity index (χ2v) is 5.60. The monoisotopic (exact) mass is 291 g/mol. The summed E-state index contributed by atoms with van der Waals surface area (Å²) in [7, 11) is 0. The van der Waals surface area contributed by atoms with Gasteiger partial charge in [0.15, 0.2) is 5.96 Å². The summed E-state index contributed by atoms with van der Waals surface area (Å²) in [6.45, 7) is 7.37. The van der Waals surface area contributed by atoms with Gasteiger partial charge in [0.2, 0.25) is 0 Å². The summed E-state index contributed by atoms with van der Waals surface area (Å²) < 4.78 is 18.9. The van der Waals surface area contributed by atoms with E-state index in [0.717, 1.165) is 23.9 Å². The van der Waals surface area contributed by atoms with Crippen molar-refractivity contribution in [1.29, 1.82) is 0 Å². The van der Waals surface area contributed by atoms with Gasteiger partial charge in [-0.25, -0.2) is 9.38 Å². The summed E-state index contributed by atoms with van der Waals surface area (Å²) in [6.07, 6.45) is 1.04. The number of nitrogens with zero attached hydrogens (tertiary/aromatic N) is 1. The van der Waals surface area contributed by atoms with Gasteiger partial charge in [-0.15, -0.1) is 0 Å². The van der Waals surface area contributed by atoms with E-state index in [4.69, 9.17) is 10.2 Å². The van der Waals surface area contributed by atoms with Gasteiger partial charge in [0.25, 0.3) is 0 Å². The average Bonchev–Trinajstić information content (AvgIpc) is 2.73. The zero-order valence-electron chi connectivity index (χ0n) is 12.7. The number of fused-ring (bicyclic) bond motifs is 1. The highest BCUT2D eigenvalue weighted by atomic mass is 19.1. The number of rotatable bonds is 5. The molecule has 0 amide bonds. The molecule has 0 saturated carbocycles. The van der Waals surface area contributed by atoms with Crippen molar-refractivity contribution in [3.8, 4) is 0 Å². The van der Waals surface area contributed by atoms with E-state index in [2.05, 4.69) is 24.2 Å². The van der Waals surface area contributed by atoms with Crippen LogP contribution in [0.2, 0.25) is 0 Å². The highest BCUT2D eigenvalue weighted by Crippen LogP contribution is 2.26. The lowest BCUT2D eigenvalue weighted by atomic mass is 10.1. The number of hydrogen-bond acceptors (Lipinski definition) is 2. The summed E-state index contributed by atoms with van der Waals surface area (Å²) in [6, 6.07) is 4.50. The molecule has 5 heteroatoms. The van der Waals surface area contributed by atoms with Gasteiger partial charge in [0.05, 0.1) is 0 Å². The van der Waals surface area contributed by atoms with Crippen molar-refractivity contribution < 1.29 is 8.81 Å². The third kappa shape index (κ3) is 3.97. The van der Waals surface area contributed by atoms with E-state index in [-0.39, 0.29) is 5.82 Å². The molecule has 0 bridgehead atoms. The summed E-state index contributed by atoms with van der Waals surface area (Å²) in [4.78, 5) is 4.27. The van der Waals surface area contributed by atoms with Gasteiger partial charge in [-0.2, -0.15) is 0 Å². The summed E-state index contributed by atoms with van der Waals surface area (Å²) >= 11 is 0. The molecule has 2 aromatic rings. The van der Waals surface area contributed by atoms with Crippen LogP contribution in [0.15, 0.2) is 27.6 Å². The highest BCUT2D eigenvalue weighted by molar-refractivity contribution is 5.82. The Morgan fingerprint density at radius 1 is 1.43 bits per heavy atom. The van der Waals surface area contributed by atoms with Gasteiger partial charge in [-0.1, -0.05) is 13.8 Å². The van der Waals surface area contributed by atoms with Crippen LogP contribution in [-0.2, 0) is 6.54 Å². The molecule has 21 heavy (non-hydrogen) atoms. The Morgan fingerprint density at radius 3 is 2.90 bits per heavy atom. The molecule has 0 fully saturated rings. The zero-order chi connectivity index (χ0) is 15.4. The minimum absolute atomic E-state index is 0.267. The predicted octanol–water partition coefficient (Wildman–Crippen LogP) is 3.33. The van der Waals surface area contributed by atoms with Crippen LogP contribution >= 0.6 is 0 Å². The summed E-state index contributed by atoms with van der Waals surface area (Å²) in [5.74, 6) is 1.47. The van der Waals surface area contributed by atoms with Crippen molar-refractivity contribution in [3.05, 3.63) is 35.3 Å². The van der Waals surface area contributed by atoms with Gasteiger partial charge >= 0.3 is 0 Å². The first kappa shape index (κ1) is 15.4. The third-order valence-electron chi connectivity index (χ3n) is 3.42. The minimum Gasteiger partial charge on any atom is -0.459 e. The van der Waals surface area contributed by atoms with E-state index in [9.17, 15) is 4.39 Å². The van der Waals surface area contributed by atoms with E-state index in [1.165, 1.54) is 12.1 Å². The molecular weight excluding hydrogens is 269 g/mol. The van der Waals surface area contributed by atoms with Crippen molar-refractivity contribution in [2.45, 2.75) is 33.7 Å². The van der Waals surface area contributed by atoms with E-state index >= 15 is 0 Å². The molecule has 2 rings (SSSR count). The fourth-order valence-corrected chi connectivity index (χ4v) is 2.10. The molecule has 0 atom stereocenters. The van der Waals surface area contributed by atoms with E-state index in [1.807, 2.05) is 6.92 Å². The van der Waals surface area contributed by atoms with Crippen molar-refractivity contribution in [3.63, 3.8) is 0 Å². The van der Waals surface area contributed by atoms with Crippen LogP contribution in [-0.4, -0.2) is 12.5 Å². The zero-order valence-corrected chi connectivity index (χ0v) is 12.7. The molecule has 0 radical (unpaired) electrons. The van der Waals surface area contributed by atoms with Gasteiger partial charge in [0, 0.05) is 17.5 Å². The number of furan rings is 1. The Hall–Kier alpha value is -2.04. The maximum atomic E-state index is 13.2. The topological polar surface area (TPSA) is 63.5 Å². The number of benzene rings is 1. The maximum absolute atomic E-state index is 13.2. The fourth-order valence-electron chi connectivity index (χ4n) is 2.10. The minimum atomic E-state index is -0.267. The Bertz CT molecular complexity index is 646. The Kier molecular flexibility index (Phi) is 4.83. The summed E-state index contributed by atoms with van der Waals surface area (Å²) in [5.41, 5.74) is 7.39. The first-order chi connectivity index (χ1) is 9.97. The number of nitrogens with one attached hydrogen (secondary N) is 1. The fraction of sp³-hybridized carbons (Fsp3) is 0.438. The molecule has 0 aliphatic rings. The summed E-state index contributed by atoms with van der Waals surface area (Å²) in [5, 5.41) is 3.86. The lowest BCUT2D eigenvalue weighted by Gasteiger charge is -2.07. The molecule has 1 heterocycles. The Balaban J connectivity index is 2.04. The molecule has 1 aromatic heterocycles. The standard InChI is InChI=1S/C16H22FN3O/c1-10(2)6-7-19-16(18)20-9-15-11(3)13-8-12(17)4-5-14(13)21-15/h4-5,8,10H,6-7,9H2,1-3H3,(H3,18,19,20). The third-order valence-corrected chi connectivity index (χ3v) is 3.42. The molecule has 0 aliphatic carbocycles. The van der Waals surface area contributed by atoms with E-state index in [1.54, 1.807) is 6.07 Å². The smallest absolute Gasteiger partial charge is 0.189 e. The van der Waals surface area contributed by atoms with Crippen LogP contribution in [0, 0.1) is 18.7 Å². The predicted molar refractivity (Wildman–Crippen MR) is 83.7 cm³/mol. The van der Waals surface area contributed by atoms with Crippen LogP contribution in [0.3, 0.4) is 0 Å². The van der Waals surface area contributed by atoms with Gasteiger partial charge < -0.3 is 15.5 Å². The Labute approximate surface area is 124 Å². The van der Waals surface area contributed by atoms with Crippen molar-refractivity contribution in [2.75, 3.05) is 6.54 Å². The highest BCUT2D eigenvalue weighted by Gasteiger charge is 2.10. The molecule has 0 saturated heterocycles. The van der Waals surface area contributed by atoms with Crippen LogP contribution in [0.4, 0.5) is 4.39 Å². The SMILES string of the molecule is Cc1c(CN=C(N)NCCC(C)C)oc2ccc(F)cc12. The number of guanidine groups is 1. The molecule has 0 spiro atoms. The molecule has 4 nitrogen and oxygen atoms in total. The van der Waals surface area contributed by atoms with Gasteiger partial charge in [0.1, 0.15) is 23.7 Å². The largest absolute Gasteiger partial charge is 0.459 e. The quantitative estimate of drug-likeness (QED) is 0.656. The van der Waals surface area contributed by atoms with Crippen LogP contribution < -0.4 is 11.1 Å². The van der Waals surface area contributed by atoms with Crippen LogP contribution in [0.1, 0.15) is 31.6 Å². The lowest BCUT2D eigenvalue weighted by molar-refractivity contribution is 0.546. The second-order valence-electron chi connectivity index (χ2n) is 5.60. The van der Waals surface area contributed by atoms with Crippen molar-refractivity contribution in [1.82, 2.24) is 5.32 Å². The normalized spacial score (nSPS) is 12.3. The first-order valence-corrected chi connectivity index (χ1v) is 7.18. The van der Waals surface area contributed by atoms with Crippen molar-refractivity contribution >= 4 is 16.9 Å². The van der Waals surface area contributed by atoms with E-state index < -0.39 is 0 Å². The second kappa shape index (κ2) is 6.61. The van der Waals surface area contributed by atoms with Crippen LogP contribution in [0.25, 0.3) is 11.0 Å². The number of aliphatic imine (C=N–C) groups is 1. The maximum Gasteiger partial charge on any atom is 0.189 e. The molecule has 1 aromatic carbocycles. The number of nitrogens with two attached hydrogens (primary N) is 1. The Morgan fingerprint density at radius 2 is 2.19 bits per heavy atom. The van der Waals surface area contributed by atoms with Gasteiger partial charge in [-0.3, -0.25) is 0 Å². The molecule has 0 aliphatic heterocycles. The van der Waals surface area contributed by atoms with E-state index in [0.29, 0.717) is 29.8 Å². The molecule has 0 unspecified atom stereocenters. The van der Waals surface area contributed by atoms with Gasteiger partial charge in [-0.05, 0) is 37.5 Å². The molecule has 114 valence electrons. The number of aryl methyl sites for hydroxylation is 1. The van der Waals surface area contributed by atoms with Crippen LogP contribution in [0.5, 0.6) is 0 Å². The number of halogens is 1. The average molecular weight is 291 g/mol. The van der Waals surface area contributed by atoms with Crippen molar-refractivity contribution in [2.24, 2.45) is 16.6 Å². The molecule has 3 N–H and O–H groups in total. The first-order valence-electron chi connectivity index (χ1n) is 7.18. The molecular formula is C16H22FN3O. The number of hydrogen-bond donors (Lipinski definition) is 2. The lowest BCUT2D eigenvalue weighted by Crippen LogP contribution is -2.32.